The van der Waals surface area contributed by atoms with E-state index in [0.29, 0.717) is 25.3 Å². The third-order valence-electron chi connectivity index (χ3n) is 4.52. The summed E-state index contributed by atoms with van der Waals surface area (Å²) in [5, 5.41) is 3.32. The van der Waals surface area contributed by atoms with E-state index in [0.717, 1.165) is 32.4 Å². The second kappa shape index (κ2) is 7.40. The van der Waals surface area contributed by atoms with Crippen LogP contribution in [0.2, 0.25) is 0 Å². The molecule has 2 fully saturated rings. The number of sulfone groups is 1. The van der Waals surface area contributed by atoms with E-state index in [2.05, 4.69) is 11.9 Å². The molecule has 1 N–H and O–H groups in total. The molecular weight excluding hydrogens is 288 g/mol. The normalized spacial score (nSPS) is 25.6. The molecule has 0 spiro atoms. The average molecular weight is 314 g/mol. The predicted octanol–water partition coefficient (Wildman–Crippen LogP) is 0.968. The number of amides is 1. The lowest BCUT2D eigenvalue weighted by molar-refractivity contribution is -0.132. The highest BCUT2D eigenvalue weighted by molar-refractivity contribution is 7.91. The van der Waals surface area contributed by atoms with Crippen LogP contribution in [0.25, 0.3) is 0 Å². The molecule has 1 atom stereocenters. The summed E-state index contributed by atoms with van der Waals surface area (Å²) in [5.41, 5.74) is 0. The van der Waals surface area contributed by atoms with E-state index in [1.54, 1.807) is 11.0 Å². The van der Waals surface area contributed by atoms with E-state index in [-0.39, 0.29) is 23.5 Å². The molecule has 0 aromatic carbocycles. The number of nitrogens with zero attached hydrogens (tertiary/aromatic N) is 1. The van der Waals surface area contributed by atoms with Crippen LogP contribution in [0, 0.1) is 5.92 Å². The highest BCUT2D eigenvalue weighted by atomic mass is 32.2. The highest BCUT2D eigenvalue weighted by Gasteiger charge is 2.34. The lowest BCUT2D eigenvalue weighted by Crippen LogP contribution is -2.41. The van der Waals surface area contributed by atoms with Gasteiger partial charge in [0.25, 0.3) is 0 Å². The molecule has 1 amide bonds. The van der Waals surface area contributed by atoms with E-state index in [1.165, 1.54) is 0 Å². The Morgan fingerprint density at radius 2 is 2.00 bits per heavy atom. The zero-order chi connectivity index (χ0) is 15.3. The Bertz CT molecular complexity index is 469. The molecule has 21 heavy (non-hydrogen) atoms. The zero-order valence-electron chi connectivity index (χ0n) is 12.6. The number of carbonyl (C=O) groups is 1. The molecule has 120 valence electrons. The third kappa shape index (κ3) is 4.81. The van der Waals surface area contributed by atoms with Crippen molar-refractivity contribution in [3.05, 3.63) is 12.7 Å². The first-order chi connectivity index (χ1) is 10.0. The minimum absolute atomic E-state index is 0.0792. The van der Waals surface area contributed by atoms with Crippen molar-refractivity contribution in [2.75, 3.05) is 31.1 Å². The molecule has 0 aliphatic carbocycles. The summed E-state index contributed by atoms with van der Waals surface area (Å²) in [6, 6.07) is -0.159. The van der Waals surface area contributed by atoms with Gasteiger partial charge in [-0.3, -0.25) is 4.79 Å². The van der Waals surface area contributed by atoms with Gasteiger partial charge >= 0.3 is 0 Å². The zero-order valence-corrected chi connectivity index (χ0v) is 13.4. The summed E-state index contributed by atoms with van der Waals surface area (Å²) >= 11 is 0. The van der Waals surface area contributed by atoms with Gasteiger partial charge in [-0.05, 0) is 44.7 Å². The predicted molar refractivity (Wildman–Crippen MR) is 83.8 cm³/mol. The summed E-state index contributed by atoms with van der Waals surface area (Å²) in [5.74, 6) is 1.01. The number of carbonyl (C=O) groups excluding carboxylic acids is 1. The quantitative estimate of drug-likeness (QED) is 0.742. The van der Waals surface area contributed by atoms with E-state index in [4.69, 9.17) is 0 Å². The van der Waals surface area contributed by atoms with Crippen molar-refractivity contribution in [2.45, 2.75) is 38.1 Å². The topological polar surface area (TPSA) is 66.5 Å². The maximum Gasteiger partial charge on any atom is 0.223 e. The lowest BCUT2D eigenvalue weighted by Gasteiger charge is -2.28. The van der Waals surface area contributed by atoms with Gasteiger partial charge in [0.2, 0.25) is 5.91 Å². The summed E-state index contributed by atoms with van der Waals surface area (Å²) in [4.78, 5) is 14.2. The first-order valence-corrected chi connectivity index (χ1v) is 9.65. The van der Waals surface area contributed by atoms with E-state index < -0.39 is 9.84 Å². The molecule has 2 saturated heterocycles. The smallest absolute Gasteiger partial charge is 0.223 e. The fraction of sp³-hybridized carbons (Fsp3) is 0.800. The van der Waals surface area contributed by atoms with Crippen LogP contribution >= 0.6 is 0 Å². The van der Waals surface area contributed by atoms with E-state index >= 15 is 0 Å². The molecule has 0 saturated carbocycles. The number of nitrogens with one attached hydrogen (secondary N) is 1. The van der Waals surface area contributed by atoms with Gasteiger partial charge in [0, 0.05) is 19.0 Å². The first-order valence-electron chi connectivity index (χ1n) is 7.83. The molecule has 2 aliphatic rings. The molecule has 5 nitrogen and oxygen atoms in total. The minimum atomic E-state index is -2.96. The van der Waals surface area contributed by atoms with Gasteiger partial charge in [-0.25, -0.2) is 8.42 Å². The van der Waals surface area contributed by atoms with Crippen molar-refractivity contribution in [3.63, 3.8) is 0 Å². The largest absolute Gasteiger partial charge is 0.335 e. The molecule has 1 unspecified atom stereocenters. The Hall–Kier alpha value is -0.880. The van der Waals surface area contributed by atoms with Crippen LogP contribution in [0.5, 0.6) is 0 Å². The molecule has 2 aliphatic heterocycles. The van der Waals surface area contributed by atoms with Gasteiger partial charge in [0.15, 0.2) is 9.84 Å². The van der Waals surface area contributed by atoms with Gasteiger partial charge in [0.1, 0.15) is 0 Å². The highest BCUT2D eigenvalue weighted by Crippen LogP contribution is 2.22. The van der Waals surface area contributed by atoms with Crippen molar-refractivity contribution in [1.29, 1.82) is 0 Å². The Kier molecular flexibility index (Phi) is 5.81. The van der Waals surface area contributed by atoms with Crippen molar-refractivity contribution in [1.82, 2.24) is 10.2 Å². The number of piperidine rings is 1. The molecule has 6 heteroatoms. The number of hydrogen-bond donors (Lipinski definition) is 1. The third-order valence-corrected chi connectivity index (χ3v) is 6.27. The maximum atomic E-state index is 12.4. The Morgan fingerprint density at radius 3 is 2.57 bits per heavy atom. The van der Waals surface area contributed by atoms with Crippen molar-refractivity contribution in [2.24, 2.45) is 5.92 Å². The minimum Gasteiger partial charge on any atom is -0.335 e. The van der Waals surface area contributed by atoms with Crippen LogP contribution in [0.4, 0.5) is 0 Å². The molecule has 0 radical (unpaired) electrons. The van der Waals surface area contributed by atoms with Crippen LogP contribution in [0.3, 0.4) is 0 Å². The van der Waals surface area contributed by atoms with Crippen molar-refractivity contribution < 1.29 is 13.2 Å². The van der Waals surface area contributed by atoms with E-state index in [1.807, 2.05) is 0 Å². The Labute approximate surface area is 127 Å². The monoisotopic (exact) mass is 314 g/mol. The Morgan fingerprint density at radius 1 is 1.29 bits per heavy atom. The van der Waals surface area contributed by atoms with Crippen LogP contribution < -0.4 is 5.32 Å². The molecule has 0 aromatic rings. The summed E-state index contributed by atoms with van der Waals surface area (Å²) in [6.07, 6.45) is 5.95. The average Bonchev–Trinajstić information content (AvgIpc) is 2.83. The van der Waals surface area contributed by atoms with Gasteiger partial charge in [-0.2, -0.15) is 0 Å². The van der Waals surface area contributed by atoms with Crippen LogP contribution in [-0.4, -0.2) is 56.4 Å². The summed E-state index contributed by atoms with van der Waals surface area (Å²) < 4.78 is 23.2. The van der Waals surface area contributed by atoms with Gasteiger partial charge in [0.05, 0.1) is 11.5 Å². The van der Waals surface area contributed by atoms with E-state index in [9.17, 15) is 13.2 Å². The molecule has 2 heterocycles. The fourth-order valence-corrected chi connectivity index (χ4v) is 4.99. The van der Waals surface area contributed by atoms with Crippen LogP contribution in [-0.2, 0) is 14.6 Å². The van der Waals surface area contributed by atoms with Crippen molar-refractivity contribution in [3.8, 4) is 0 Å². The second-order valence-electron chi connectivity index (χ2n) is 6.12. The summed E-state index contributed by atoms with van der Waals surface area (Å²) in [6.45, 7) is 6.21. The number of hydrogen-bond acceptors (Lipinski definition) is 4. The second-order valence-corrected chi connectivity index (χ2v) is 8.35. The first kappa shape index (κ1) is 16.5. The fourth-order valence-electron chi connectivity index (χ4n) is 3.26. The molecule has 2 rings (SSSR count). The SMILES string of the molecule is C=CCN(C(=O)CCC1CCNCC1)C1CCS(=O)(=O)C1. The Balaban J connectivity index is 1.88. The molecule has 0 bridgehead atoms. The summed E-state index contributed by atoms with van der Waals surface area (Å²) in [7, 11) is -2.96. The lowest BCUT2D eigenvalue weighted by atomic mass is 9.93. The maximum absolute atomic E-state index is 12.4. The van der Waals surface area contributed by atoms with Gasteiger partial charge in [-0.1, -0.05) is 6.08 Å². The number of rotatable bonds is 6. The van der Waals surface area contributed by atoms with Gasteiger partial charge in [-0.15, -0.1) is 6.58 Å². The van der Waals surface area contributed by atoms with Crippen LogP contribution in [0.15, 0.2) is 12.7 Å². The molecular formula is C15H26N2O3S. The molecule has 0 aromatic heterocycles. The standard InChI is InChI=1S/C15H26N2O3S/c1-2-10-17(14-7-11-21(19,20)12-14)15(18)4-3-13-5-8-16-9-6-13/h2,13-14,16H,1,3-12H2. The van der Waals surface area contributed by atoms with Gasteiger partial charge < -0.3 is 10.2 Å². The van der Waals surface area contributed by atoms with Crippen LogP contribution in [0.1, 0.15) is 32.1 Å². The van der Waals surface area contributed by atoms with Crippen molar-refractivity contribution >= 4 is 15.7 Å².